The molecule has 0 unspecified atom stereocenters. The summed E-state index contributed by atoms with van der Waals surface area (Å²) in [4.78, 5) is 33.9. The number of amides is 2. The van der Waals surface area contributed by atoms with Gasteiger partial charge in [-0.15, -0.1) is 0 Å². The van der Waals surface area contributed by atoms with Crippen molar-refractivity contribution in [2.75, 3.05) is 5.32 Å². The highest BCUT2D eigenvalue weighted by Crippen LogP contribution is 2.39. The van der Waals surface area contributed by atoms with Gasteiger partial charge in [-0.3, -0.25) is 9.59 Å². The number of hydrogen-bond donors (Lipinski definition) is 2. The summed E-state index contributed by atoms with van der Waals surface area (Å²) in [5.74, 6) is -1.41. The Kier molecular flexibility index (Phi) is 4.55. The van der Waals surface area contributed by atoms with Crippen molar-refractivity contribution < 1.29 is 14.0 Å². The molecule has 2 N–H and O–H groups in total. The number of rotatable bonds is 3. The van der Waals surface area contributed by atoms with Crippen LogP contribution in [-0.2, 0) is 6.54 Å². The molecule has 2 amide bonds. The van der Waals surface area contributed by atoms with E-state index in [0.717, 1.165) is 10.5 Å². The Labute approximate surface area is 158 Å². The van der Waals surface area contributed by atoms with Gasteiger partial charge < -0.3 is 10.6 Å². The molecule has 0 saturated heterocycles. The van der Waals surface area contributed by atoms with Gasteiger partial charge in [0.05, 0.1) is 11.3 Å². The van der Waals surface area contributed by atoms with Crippen LogP contribution in [0.3, 0.4) is 0 Å². The van der Waals surface area contributed by atoms with Crippen LogP contribution in [0.15, 0.2) is 64.9 Å². The number of aromatic nitrogens is 2. The van der Waals surface area contributed by atoms with Crippen LogP contribution >= 0.6 is 11.8 Å². The molecule has 0 atom stereocenters. The topological polar surface area (TPSA) is 84.0 Å². The van der Waals surface area contributed by atoms with Gasteiger partial charge in [-0.25, -0.2) is 14.4 Å². The first-order chi connectivity index (χ1) is 13.1. The molecule has 1 aliphatic heterocycles. The van der Waals surface area contributed by atoms with Gasteiger partial charge >= 0.3 is 0 Å². The number of benzene rings is 2. The maximum absolute atomic E-state index is 14.0. The zero-order valence-electron chi connectivity index (χ0n) is 13.9. The number of hydrogen-bond acceptors (Lipinski definition) is 5. The molecule has 0 fully saturated rings. The second-order valence-corrected chi connectivity index (χ2v) is 6.89. The normalized spacial score (nSPS) is 12.4. The van der Waals surface area contributed by atoms with Gasteiger partial charge in [-0.05, 0) is 30.3 Å². The third kappa shape index (κ3) is 3.52. The first-order valence-corrected chi connectivity index (χ1v) is 8.87. The minimum atomic E-state index is -0.576. The lowest BCUT2D eigenvalue weighted by atomic mass is 10.1. The van der Waals surface area contributed by atoms with Crippen molar-refractivity contribution in [3.05, 3.63) is 77.6 Å². The van der Waals surface area contributed by atoms with Gasteiger partial charge in [0, 0.05) is 39.9 Å². The summed E-state index contributed by atoms with van der Waals surface area (Å²) in [6, 6.07) is 9.50. The lowest BCUT2D eigenvalue weighted by Crippen LogP contribution is -2.23. The Morgan fingerprint density at radius 1 is 1.15 bits per heavy atom. The number of carbonyl (C=O) groups excluding carboxylic acids is 2. The molecule has 6 nitrogen and oxygen atoms in total. The lowest BCUT2D eigenvalue weighted by Gasteiger charge is -2.09. The fourth-order valence-electron chi connectivity index (χ4n) is 2.68. The molecular weight excluding hydrogens is 367 g/mol. The quantitative estimate of drug-likeness (QED) is 0.729. The average Bonchev–Trinajstić information content (AvgIpc) is 2.82. The molecule has 3 aromatic rings. The van der Waals surface area contributed by atoms with Crippen LogP contribution < -0.4 is 10.6 Å². The van der Waals surface area contributed by atoms with Crippen molar-refractivity contribution in [1.29, 1.82) is 0 Å². The summed E-state index contributed by atoms with van der Waals surface area (Å²) in [7, 11) is 0. The zero-order chi connectivity index (χ0) is 18.8. The van der Waals surface area contributed by atoms with E-state index >= 15 is 0 Å². The molecule has 4 rings (SSSR count). The average molecular weight is 380 g/mol. The lowest BCUT2D eigenvalue weighted by molar-refractivity contribution is 0.0949. The van der Waals surface area contributed by atoms with E-state index in [1.807, 2.05) is 0 Å². The second kappa shape index (κ2) is 7.16. The van der Waals surface area contributed by atoms with Crippen LogP contribution in [0.2, 0.25) is 0 Å². The molecule has 1 aromatic heterocycles. The third-order valence-corrected chi connectivity index (χ3v) is 5.12. The maximum Gasteiger partial charge on any atom is 0.259 e. The first-order valence-electron chi connectivity index (χ1n) is 8.05. The van der Waals surface area contributed by atoms with E-state index in [2.05, 4.69) is 20.6 Å². The van der Waals surface area contributed by atoms with E-state index in [-0.39, 0.29) is 18.0 Å². The number of anilines is 1. The van der Waals surface area contributed by atoms with Gasteiger partial charge in [-0.1, -0.05) is 17.8 Å². The molecule has 0 radical (unpaired) electrons. The van der Waals surface area contributed by atoms with Crippen LogP contribution in [-0.4, -0.2) is 21.8 Å². The molecule has 0 spiro atoms. The van der Waals surface area contributed by atoms with E-state index in [0.29, 0.717) is 16.1 Å². The summed E-state index contributed by atoms with van der Waals surface area (Å²) in [5.41, 5.74) is 1.64. The summed E-state index contributed by atoms with van der Waals surface area (Å²) < 4.78 is 14.0. The zero-order valence-corrected chi connectivity index (χ0v) is 14.7. The Morgan fingerprint density at radius 2 is 1.96 bits per heavy atom. The van der Waals surface area contributed by atoms with Crippen LogP contribution in [0.25, 0.3) is 0 Å². The van der Waals surface area contributed by atoms with Crippen molar-refractivity contribution in [3.8, 4) is 0 Å². The van der Waals surface area contributed by atoms with E-state index in [4.69, 9.17) is 0 Å². The van der Waals surface area contributed by atoms with Crippen LogP contribution in [0.5, 0.6) is 0 Å². The summed E-state index contributed by atoms with van der Waals surface area (Å²) in [5, 5.41) is 5.47. The fourth-order valence-corrected chi connectivity index (χ4v) is 3.71. The van der Waals surface area contributed by atoms with Crippen molar-refractivity contribution >= 4 is 29.3 Å². The SMILES string of the molecule is O=C(NCc1cncnc1)c1ccc2c(c1)NC(=O)c1c(F)cccc1S2. The number of nitrogens with one attached hydrogen (secondary N) is 2. The molecule has 27 heavy (non-hydrogen) atoms. The molecule has 8 heteroatoms. The molecule has 1 aliphatic rings. The van der Waals surface area contributed by atoms with Crippen molar-refractivity contribution in [3.63, 3.8) is 0 Å². The van der Waals surface area contributed by atoms with Crippen LogP contribution in [0.1, 0.15) is 26.3 Å². The van der Waals surface area contributed by atoms with E-state index in [1.54, 1.807) is 42.7 Å². The van der Waals surface area contributed by atoms with E-state index < -0.39 is 11.7 Å². The van der Waals surface area contributed by atoms with Gasteiger partial charge in [0.1, 0.15) is 12.1 Å². The van der Waals surface area contributed by atoms with Crippen molar-refractivity contribution in [2.24, 2.45) is 0 Å². The third-order valence-electron chi connectivity index (χ3n) is 3.98. The Hall–Kier alpha value is -3.26. The van der Waals surface area contributed by atoms with E-state index in [1.165, 1.54) is 24.2 Å². The van der Waals surface area contributed by atoms with Gasteiger partial charge in [0.2, 0.25) is 0 Å². The highest BCUT2D eigenvalue weighted by atomic mass is 32.2. The number of fused-ring (bicyclic) bond motifs is 2. The van der Waals surface area contributed by atoms with Crippen molar-refractivity contribution in [1.82, 2.24) is 15.3 Å². The smallest absolute Gasteiger partial charge is 0.259 e. The summed E-state index contributed by atoms with van der Waals surface area (Å²) in [6.07, 6.45) is 4.65. The molecule has 134 valence electrons. The number of carbonyl (C=O) groups is 2. The summed E-state index contributed by atoms with van der Waals surface area (Å²) >= 11 is 1.28. The molecule has 0 saturated carbocycles. The van der Waals surface area contributed by atoms with Crippen LogP contribution in [0, 0.1) is 5.82 Å². The van der Waals surface area contributed by atoms with Gasteiger partial charge in [0.15, 0.2) is 0 Å². The fraction of sp³-hybridized carbons (Fsp3) is 0.0526. The maximum atomic E-state index is 14.0. The summed E-state index contributed by atoms with van der Waals surface area (Å²) in [6.45, 7) is 0.286. The van der Waals surface area contributed by atoms with Gasteiger partial charge in [-0.2, -0.15) is 0 Å². The minimum absolute atomic E-state index is 0.00813. The second-order valence-electron chi connectivity index (χ2n) is 5.81. The molecular formula is C19H13FN4O2S. The van der Waals surface area contributed by atoms with E-state index in [9.17, 15) is 14.0 Å². The molecule has 0 aliphatic carbocycles. The number of nitrogens with zero attached hydrogens (tertiary/aromatic N) is 2. The highest BCUT2D eigenvalue weighted by Gasteiger charge is 2.23. The highest BCUT2D eigenvalue weighted by molar-refractivity contribution is 7.99. The predicted molar refractivity (Wildman–Crippen MR) is 98.1 cm³/mol. The monoisotopic (exact) mass is 380 g/mol. The molecule has 2 heterocycles. The molecule has 0 bridgehead atoms. The first kappa shape index (κ1) is 17.2. The van der Waals surface area contributed by atoms with Gasteiger partial charge in [0.25, 0.3) is 11.8 Å². The molecule has 2 aromatic carbocycles. The van der Waals surface area contributed by atoms with Crippen molar-refractivity contribution in [2.45, 2.75) is 16.3 Å². The Morgan fingerprint density at radius 3 is 2.78 bits per heavy atom. The Balaban J connectivity index is 1.57. The minimum Gasteiger partial charge on any atom is -0.348 e. The van der Waals surface area contributed by atoms with Crippen LogP contribution in [0.4, 0.5) is 10.1 Å². The Bertz CT molecular complexity index is 1040. The number of halogens is 1. The standard InChI is InChI=1S/C19H13FN4O2S/c20-13-2-1-3-16-17(13)19(26)24-14-6-12(4-5-15(14)27-16)18(25)23-9-11-7-21-10-22-8-11/h1-8,10H,9H2,(H,23,25)(H,24,26). The predicted octanol–water partition coefficient (Wildman–Crippen LogP) is 3.26. The largest absolute Gasteiger partial charge is 0.348 e.